The van der Waals surface area contributed by atoms with Crippen molar-refractivity contribution in [3.8, 4) is 0 Å². The summed E-state index contributed by atoms with van der Waals surface area (Å²) < 4.78 is 5.16. The molecule has 1 aromatic carbocycles. The second-order valence-electron chi connectivity index (χ2n) is 5.84. The van der Waals surface area contributed by atoms with Gasteiger partial charge in [-0.25, -0.2) is 0 Å². The molecule has 0 radical (unpaired) electrons. The number of piperidine rings is 1. The molecule has 4 heteroatoms. The molecule has 0 saturated carbocycles. The summed E-state index contributed by atoms with van der Waals surface area (Å²) in [4.78, 5) is 0. The summed E-state index contributed by atoms with van der Waals surface area (Å²) in [5, 5.41) is 4.92. The fourth-order valence-corrected chi connectivity index (χ4v) is 3.73. The van der Waals surface area contributed by atoms with Crippen molar-refractivity contribution in [2.24, 2.45) is 5.92 Å². The van der Waals surface area contributed by atoms with Gasteiger partial charge in [0.15, 0.2) is 0 Å². The molecular weight excluding hydrogens is 305 g/mol. The van der Waals surface area contributed by atoms with Gasteiger partial charge in [0.2, 0.25) is 0 Å². The van der Waals surface area contributed by atoms with Gasteiger partial charge in [-0.2, -0.15) is 0 Å². The molecule has 1 aromatic rings. The van der Waals surface area contributed by atoms with Crippen molar-refractivity contribution in [2.45, 2.75) is 38.0 Å². The van der Waals surface area contributed by atoms with E-state index in [4.69, 9.17) is 27.9 Å². The Balaban J connectivity index is 2.11. The third-order valence-electron chi connectivity index (χ3n) is 4.40. The monoisotopic (exact) mass is 329 g/mol. The molecule has 21 heavy (non-hydrogen) atoms. The van der Waals surface area contributed by atoms with E-state index in [-0.39, 0.29) is 0 Å². The lowest BCUT2D eigenvalue weighted by Gasteiger charge is -2.32. The molecule has 118 valence electrons. The molecule has 2 nitrogen and oxygen atoms in total. The largest absolute Gasteiger partial charge is 0.385 e. The zero-order valence-electron chi connectivity index (χ0n) is 12.7. The third-order valence-corrected chi connectivity index (χ3v) is 5.23. The average molecular weight is 330 g/mol. The van der Waals surface area contributed by atoms with Crippen LogP contribution in [0.4, 0.5) is 0 Å². The van der Waals surface area contributed by atoms with Crippen molar-refractivity contribution in [3.63, 3.8) is 0 Å². The standard InChI is InChI=1S/C17H25Cl2NO/c1-21-11-3-2-7-14(13-6-5-10-20-12-13)15-8-4-9-16(18)17(15)19/h4,8-9,13-14,20H,2-3,5-7,10-12H2,1H3/t13-,14-/m0/s1. The summed E-state index contributed by atoms with van der Waals surface area (Å²) in [6.07, 6.45) is 5.93. The highest BCUT2D eigenvalue weighted by Gasteiger charge is 2.26. The SMILES string of the molecule is COCCCC[C@H](c1cccc(Cl)c1Cl)[C@H]1CCCNC1. The number of methoxy groups -OCH3 is 1. The van der Waals surface area contributed by atoms with E-state index in [0.717, 1.165) is 44.0 Å². The topological polar surface area (TPSA) is 21.3 Å². The van der Waals surface area contributed by atoms with Gasteiger partial charge in [0.25, 0.3) is 0 Å². The molecular formula is C17H25Cl2NO. The molecule has 2 atom stereocenters. The predicted octanol–water partition coefficient (Wildman–Crippen LogP) is 4.89. The van der Waals surface area contributed by atoms with Crippen molar-refractivity contribution in [3.05, 3.63) is 33.8 Å². The quantitative estimate of drug-likeness (QED) is 0.719. The molecule has 1 saturated heterocycles. The van der Waals surface area contributed by atoms with Gasteiger partial charge in [-0.05, 0) is 62.2 Å². The first-order chi connectivity index (χ1) is 10.2. The maximum Gasteiger partial charge on any atom is 0.0627 e. The number of unbranched alkanes of at least 4 members (excludes halogenated alkanes) is 1. The normalized spacial score (nSPS) is 20.4. The summed E-state index contributed by atoms with van der Waals surface area (Å²) in [5.74, 6) is 1.14. The Hall–Kier alpha value is -0.280. The maximum atomic E-state index is 6.47. The van der Waals surface area contributed by atoms with Crippen LogP contribution in [0.15, 0.2) is 18.2 Å². The third kappa shape index (κ3) is 4.85. The number of halogens is 2. The Morgan fingerprint density at radius 2 is 2.19 bits per heavy atom. The van der Waals surface area contributed by atoms with Crippen LogP contribution in [-0.2, 0) is 4.74 Å². The van der Waals surface area contributed by atoms with Crippen LogP contribution in [0.25, 0.3) is 0 Å². The van der Waals surface area contributed by atoms with E-state index in [1.54, 1.807) is 7.11 Å². The number of nitrogens with one attached hydrogen (secondary N) is 1. The number of hydrogen-bond acceptors (Lipinski definition) is 2. The van der Waals surface area contributed by atoms with Gasteiger partial charge >= 0.3 is 0 Å². The van der Waals surface area contributed by atoms with E-state index >= 15 is 0 Å². The van der Waals surface area contributed by atoms with Crippen LogP contribution in [0.2, 0.25) is 10.0 Å². The van der Waals surface area contributed by atoms with Crippen LogP contribution in [0.1, 0.15) is 43.6 Å². The predicted molar refractivity (Wildman–Crippen MR) is 90.5 cm³/mol. The lowest BCUT2D eigenvalue weighted by atomic mass is 9.78. The minimum Gasteiger partial charge on any atom is -0.385 e. The van der Waals surface area contributed by atoms with Crippen LogP contribution in [0.5, 0.6) is 0 Å². The van der Waals surface area contributed by atoms with Gasteiger partial charge in [0.1, 0.15) is 0 Å². The van der Waals surface area contributed by atoms with E-state index in [0.29, 0.717) is 16.9 Å². The molecule has 0 unspecified atom stereocenters. The zero-order chi connectivity index (χ0) is 15.1. The number of ether oxygens (including phenoxy) is 1. The number of hydrogen-bond donors (Lipinski definition) is 1. The molecule has 2 rings (SSSR count). The summed E-state index contributed by atoms with van der Waals surface area (Å²) in [7, 11) is 1.76. The molecule has 0 aliphatic carbocycles. The van der Waals surface area contributed by atoms with Crippen molar-refractivity contribution in [1.29, 1.82) is 0 Å². The van der Waals surface area contributed by atoms with Crippen LogP contribution in [-0.4, -0.2) is 26.8 Å². The van der Waals surface area contributed by atoms with E-state index in [1.807, 2.05) is 12.1 Å². The summed E-state index contributed by atoms with van der Waals surface area (Å²) in [6, 6.07) is 6.03. The summed E-state index contributed by atoms with van der Waals surface area (Å²) in [5.41, 5.74) is 1.22. The molecule has 1 aliphatic rings. The molecule has 1 N–H and O–H groups in total. The van der Waals surface area contributed by atoms with Gasteiger partial charge in [-0.1, -0.05) is 41.8 Å². The Kier molecular flexibility index (Phi) is 7.31. The average Bonchev–Trinajstić information content (AvgIpc) is 2.52. The van der Waals surface area contributed by atoms with Crippen molar-refractivity contribution in [1.82, 2.24) is 5.32 Å². The highest BCUT2D eigenvalue weighted by atomic mass is 35.5. The van der Waals surface area contributed by atoms with E-state index in [9.17, 15) is 0 Å². The van der Waals surface area contributed by atoms with Crippen molar-refractivity contribution >= 4 is 23.2 Å². The van der Waals surface area contributed by atoms with Gasteiger partial charge in [-0.3, -0.25) is 0 Å². The van der Waals surface area contributed by atoms with E-state index < -0.39 is 0 Å². The molecule has 0 aromatic heterocycles. The Bertz CT molecular complexity index is 433. The highest BCUT2D eigenvalue weighted by molar-refractivity contribution is 6.42. The van der Waals surface area contributed by atoms with E-state index in [1.165, 1.54) is 18.4 Å². The Morgan fingerprint density at radius 3 is 2.90 bits per heavy atom. The lowest BCUT2D eigenvalue weighted by Crippen LogP contribution is -2.33. The first-order valence-corrected chi connectivity index (χ1v) is 8.63. The Morgan fingerprint density at radius 1 is 1.33 bits per heavy atom. The lowest BCUT2D eigenvalue weighted by molar-refractivity contribution is 0.189. The molecule has 0 amide bonds. The molecule has 1 heterocycles. The van der Waals surface area contributed by atoms with Crippen LogP contribution in [0, 0.1) is 5.92 Å². The van der Waals surface area contributed by atoms with E-state index in [2.05, 4.69) is 11.4 Å². The van der Waals surface area contributed by atoms with Crippen LogP contribution in [0.3, 0.4) is 0 Å². The van der Waals surface area contributed by atoms with Crippen LogP contribution < -0.4 is 5.32 Å². The first-order valence-electron chi connectivity index (χ1n) is 7.87. The molecule has 0 spiro atoms. The smallest absolute Gasteiger partial charge is 0.0627 e. The first kappa shape index (κ1) is 17.1. The molecule has 1 fully saturated rings. The highest BCUT2D eigenvalue weighted by Crippen LogP contribution is 2.39. The second-order valence-corrected chi connectivity index (χ2v) is 6.63. The minimum absolute atomic E-state index is 0.487. The van der Waals surface area contributed by atoms with Crippen LogP contribution >= 0.6 is 23.2 Å². The van der Waals surface area contributed by atoms with Crippen molar-refractivity contribution in [2.75, 3.05) is 26.8 Å². The summed E-state index contributed by atoms with van der Waals surface area (Å²) >= 11 is 12.7. The number of rotatable bonds is 7. The van der Waals surface area contributed by atoms with Gasteiger partial charge in [0.05, 0.1) is 10.0 Å². The maximum absolute atomic E-state index is 6.47. The minimum atomic E-state index is 0.487. The summed E-state index contributed by atoms with van der Waals surface area (Å²) in [6.45, 7) is 3.05. The Labute approximate surface area is 138 Å². The fourth-order valence-electron chi connectivity index (χ4n) is 3.28. The van der Waals surface area contributed by atoms with Gasteiger partial charge in [-0.15, -0.1) is 0 Å². The molecule has 0 bridgehead atoms. The molecule has 1 aliphatic heterocycles. The second kappa shape index (κ2) is 8.99. The fraction of sp³-hybridized carbons (Fsp3) is 0.647. The number of benzene rings is 1. The van der Waals surface area contributed by atoms with Gasteiger partial charge in [0, 0.05) is 13.7 Å². The van der Waals surface area contributed by atoms with Gasteiger partial charge < -0.3 is 10.1 Å². The van der Waals surface area contributed by atoms with Crippen molar-refractivity contribution < 1.29 is 4.74 Å². The zero-order valence-corrected chi connectivity index (χ0v) is 14.2.